The van der Waals surface area contributed by atoms with E-state index in [1.165, 1.54) is 44.1 Å². The standard InChI is InChI=1S/C13H22/c1-4-6-7-13-9-8-12(5-2)10-11(13)3/h10,13H,3-9H2,1-2H3. The third kappa shape index (κ3) is 3.02. The van der Waals surface area contributed by atoms with Crippen molar-refractivity contribution >= 4 is 0 Å². The highest BCUT2D eigenvalue weighted by molar-refractivity contribution is 5.26. The van der Waals surface area contributed by atoms with Crippen molar-refractivity contribution < 1.29 is 0 Å². The second kappa shape index (κ2) is 5.26. The van der Waals surface area contributed by atoms with Gasteiger partial charge in [-0.15, -0.1) is 0 Å². The van der Waals surface area contributed by atoms with Crippen LogP contribution in [0, 0.1) is 5.92 Å². The first-order chi connectivity index (χ1) is 6.27. The number of hydrogen-bond acceptors (Lipinski definition) is 0. The fourth-order valence-corrected chi connectivity index (χ4v) is 2.06. The molecule has 1 unspecified atom stereocenters. The molecule has 0 saturated heterocycles. The van der Waals surface area contributed by atoms with Crippen LogP contribution in [0.2, 0.25) is 0 Å². The minimum Gasteiger partial charge on any atom is -0.0956 e. The summed E-state index contributed by atoms with van der Waals surface area (Å²) in [7, 11) is 0. The predicted molar refractivity (Wildman–Crippen MR) is 59.8 cm³/mol. The Bertz CT molecular complexity index is 198. The molecule has 13 heavy (non-hydrogen) atoms. The minimum atomic E-state index is 0.787. The zero-order valence-electron chi connectivity index (χ0n) is 9.10. The molecule has 74 valence electrons. The lowest BCUT2D eigenvalue weighted by atomic mass is 9.82. The smallest absolute Gasteiger partial charge is 0.0165 e. The molecule has 0 spiro atoms. The summed E-state index contributed by atoms with van der Waals surface area (Å²) in [6.45, 7) is 8.67. The quantitative estimate of drug-likeness (QED) is 0.595. The third-order valence-electron chi connectivity index (χ3n) is 3.09. The molecule has 0 nitrogen and oxygen atoms in total. The molecular formula is C13H22. The lowest BCUT2D eigenvalue weighted by Gasteiger charge is -2.23. The van der Waals surface area contributed by atoms with Crippen molar-refractivity contribution in [2.75, 3.05) is 0 Å². The predicted octanol–water partition coefficient (Wildman–Crippen LogP) is 4.48. The molecule has 0 aromatic rings. The Kier molecular flexibility index (Phi) is 4.27. The Morgan fingerprint density at radius 1 is 1.46 bits per heavy atom. The van der Waals surface area contributed by atoms with E-state index in [9.17, 15) is 0 Å². The molecule has 1 aliphatic carbocycles. The second-order valence-corrected chi connectivity index (χ2v) is 4.11. The number of unbranched alkanes of at least 4 members (excludes halogenated alkanes) is 1. The van der Waals surface area contributed by atoms with E-state index in [1.54, 1.807) is 5.57 Å². The van der Waals surface area contributed by atoms with Crippen molar-refractivity contribution in [3.63, 3.8) is 0 Å². The summed E-state index contributed by atoms with van der Waals surface area (Å²) in [6.07, 6.45) is 10.2. The molecule has 0 bridgehead atoms. The van der Waals surface area contributed by atoms with Gasteiger partial charge >= 0.3 is 0 Å². The average molecular weight is 178 g/mol. The van der Waals surface area contributed by atoms with Crippen LogP contribution in [0.5, 0.6) is 0 Å². The molecule has 0 heterocycles. The monoisotopic (exact) mass is 178 g/mol. The molecule has 0 aromatic carbocycles. The van der Waals surface area contributed by atoms with Crippen molar-refractivity contribution in [2.24, 2.45) is 5.92 Å². The fourth-order valence-electron chi connectivity index (χ4n) is 2.06. The van der Waals surface area contributed by atoms with Crippen LogP contribution in [0.4, 0.5) is 0 Å². The van der Waals surface area contributed by atoms with E-state index in [4.69, 9.17) is 0 Å². The molecule has 0 N–H and O–H groups in total. The van der Waals surface area contributed by atoms with Gasteiger partial charge in [-0.05, 0) is 31.6 Å². The van der Waals surface area contributed by atoms with Crippen LogP contribution in [-0.2, 0) is 0 Å². The van der Waals surface area contributed by atoms with E-state index in [0.717, 1.165) is 5.92 Å². The van der Waals surface area contributed by atoms with Gasteiger partial charge in [0.2, 0.25) is 0 Å². The normalized spacial score (nSPS) is 23.1. The Labute approximate surface area is 82.7 Å². The Morgan fingerprint density at radius 2 is 2.23 bits per heavy atom. The summed E-state index contributed by atoms with van der Waals surface area (Å²) in [6, 6.07) is 0. The van der Waals surface area contributed by atoms with Gasteiger partial charge < -0.3 is 0 Å². The van der Waals surface area contributed by atoms with Crippen LogP contribution in [0.3, 0.4) is 0 Å². The molecule has 0 amide bonds. The number of allylic oxidation sites excluding steroid dienone is 3. The van der Waals surface area contributed by atoms with Crippen LogP contribution in [0.25, 0.3) is 0 Å². The molecule has 0 radical (unpaired) electrons. The summed E-state index contributed by atoms with van der Waals surface area (Å²) >= 11 is 0. The van der Waals surface area contributed by atoms with Crippen LogP contribution < -0.4 is 0 Å². The maximum Gasteiger partial charge on any atom is -0.0165 e. The summed E-state index contributed by atoms with van der Waals surface area (Å²) < 4.78 is 0. The molecule has 0 saturated carbocycles. The lowest BCUT2D eigenvalue weighted by Crippen LogP contribution is -2.08. The second-order valence-electron chi connectivity index (χ2n) is 4.11. The fraction of sp³-hybridized carbons (Fsp3) is 0.692. The number of rotatable bonds is 4. The van der Waals surface area contributed by atoms with Crippen molar-refractivity contribution in [1.29, 1.82) is 0 Å². The summed E-state index contributed by atoms with van der Waals surface area (Å²) in [5.74, 6) is 0.787. The first-order valence-electron chi connectivity index (χ1n) is 5.66. The lowest BCUT2D eigenvalue weighted by molar-refractivity contribution is 0.487. The molecule has 1 rings (SSSR count). The maximum absolute atomic E-state index is 4.17. The first kappa shape index (κ1) is 10.6. The summed E-state index contributed by atoms with van der Waals surface area (Å²) in [5.41, 5.74) is 2.98. The Morgan fingerprint density at radius 3 is 2.77 bits per heavy atom. The first-order valence-corrected chi connectivity index (χ1v) is 5.66. The third-order valence-corrected chi connectivity index (χ3v) is 3.09. The van der Waals surface area contributed by atoms with Crippen molar-refractivity contribution in [3.8, 4) is 0 Å². The maximum atomic E-state index is 4.17. The summed E-state index contributed by atoms with van der Waals surface area (Å²) in [5, 5.41) is 0. The SMILES string of the molecule is C=C1C=C(CC)CCC1CCCC. The summed E-state index contributed by atoms with van der Waals surface area (Å²) in [4.78, 5) is 0. The van der Waals surface area contributed by atoms with E-state index < -0.39 is 0 Å². The topological polar surface area (TPSA) is 0 Å². The van der Waals surface area contributed by atoms with Gasteiger partial charge in [-0.3, -0.25) is 0 Å². The van der Waals surface area contributed by atoms with Gasteiger partial charge in [0.15, 0.2) is 0 Å². The van der Waals surface area contributed by atoms with Gasteiger partial charge in [-0.1, -0.05) is 50.5 Å². The van der Waals surface area contributed by atoms with Crippen molar-refractivity contribution in [3.05, 3.63) is 23.8 Å². The Hall–Kier alpha value is -0.520. The van der Waals surface area contributed by atoms with Crippen LogP contribution in [-0.4, -0.2) is 0 Å². The average Bonchev–Trinajstić information content (AvgIpc) is 2.16. The van der Waals surface area contributed by atoms with E-state index in [0.29, 0.717) is 0 Å². The Balaban J connectivity index is 2.45. The molecule has 0 aromatic heterocycles. The highest BCUT2D eigenvalue weighted by Gasteiger charge is 2.15. The zero-order valence-corrected chi connectivity index (χ0v) is 9.10. The molecule has 0 heteroatoms. The van der Waals surface area contributed by atoms with Crippen LogP contribution in [0.1, 0.15) is 52.4 Å². The van der Waals surface area contributed by atoms with Crippen molar-refractivity contribution in [2.45, 2.75) is 52.4 Å². The van der Waals surface area contributed by atoms with Gasteiger partial charge in [0, 0.05) is 0 Å². The van der Waals surface area contributed by atoms with E-state index in [2.05, 4.69) is 26.5 Å². The minimum absolute atomic E-state index is 0.787. The van der Waals surface area contributed by atoms with Crippen molar-refractivity contribution in [1.82, 2.24) is 0 Å². The van der Waals surface area contributed by atoms with Gasteiger partial charge in [0.1, 0.15) is 0 Å². The van der Waals surface area contributed by atoms with Crippen LogP contribution in [0.15, 0.2) is 23.8 Å². The van der Waals surface area contributed by atoms with Gasteiger partial charge in [-0.2, -0.15) is 0 Å². The molecule has 1 atom stereocenters. The van der Waals surface area contributed by atoms with E-state index in [1.807, 2.05) is 0 Å². The molecule has 1 aliphatic rings. The molecule has 0 fully saturated rings. The van der Waals surface area contributed by atoms with Gasteiger partial charge in [-0.25, -0.2) is 0 Å². The molecular weight excluding hydrogens is 156 g/mol. The highest BCUT2D eigenvalue weighted by atomic mass is 14.2. The van der Waals surface area contributed by atoms with Gasteiger partial charge in [0.25, 0.3) is 0 Å². The largest absolute Gasteiger partial charge is 0.0956 e. The number of hydrogen-bond donors (Lipinski definition) is 0. The zero-order chi connectivity index (χ0) is 9.68. The van der Waals surface area contributed by atoms with E-state index in [-0.39, 0.29) is 0 Å². The van der Waals surface area contributed by atoms with E-state index >= 15 is 0 Å². The molecule has 0 aliphatic heterocycles. The highest BCUT2D eigenvalue weighted by Crippen LogP contribution is 2.31. The van der Waals surface area contributed by atoms with Gasteiger partial charge in [0.05, 0.1) is 0 Å². The van der Waals surface area contributed by atoms with Crippen LogP contribution >= 0.6 is 0 Å².